The normalized spacial score (nSPS) is 10.6. The Bertz CT molecular complexity index is 299. The smallest absolute Gasteiger partial charge is 0.224 e. The van der Waals surface area contributed by atoms with E-state index in [1.54, 1.807) is 0 Å². The largest absolute Gasteiger partial charge is 0.370 e. The van der Waals surface area contributed by atoms with Crippen molar-refractivity contribution in [3.8, 4) is 0 Å². The Balaban J connectivity index is 2.71. The van der Waals surface area contributed by atoms with Gasteiger partial charge in [-0.15, -0.1) is 0 Å². The molecule has 0 aliphatic carbocycles. The fourth-order valence-electron chi connectivity index (χ4n) is 1.05. The lowest BCUT2D eigenvalue weighted by Gasteiger charge is -2.08. The molecule has 1 N–H and O–H groups in total. The zero-order chi connectivity index (χ0) is 10.6. The van der Waals surface area contributed by atoms with Gasteiger partial charge < -0.3 is 5.32 Å². The molecule has 0 spiro atoms. The Morgan fingerprint density at radius 3 is 2.71 bits per heavy atom. The molecular weight excluding hydrogens is 198 g/mol. The Labute approximate surface area is 89.9 Å². The van der Waals surface area contributed by atoms with Crippen molar-refractivity contribution in [1.29, 1.82) is 0 Å². The van der Waals surface area contributed by atoms with Gasteiger partial charge in [0.1, 0.15) is 5.82 Å². The molecule has 0 saturated carbocycles. The van der Waals surface area contributed by atoms with Crippen LogP contribution < -0.4 is 5.32 Å². The first-order valence-corrected chi connectivity index (χ1v) is 5.27. The van der Waals surface area contributed by atoms with Crippen molar-refractivity contribution in [3.05, 3.63) is 17.0 Å². The summed E-state index contributed by atoms with van der Waals surface area (Å²) < 4.78 is 0. The number of anilines is 1. The molecule has 78 valence electrons. The van der Waals surface area contributed by atoms with Crippen LogP contribution in [0.1, 0.15) is 26.5 Å². The van der Waals surface area contributed by atoms with E-state index in [1.807, 2.05) is 13.0 Å². The van der Waals surface area contributed by atoms with E-state index < -0.39 is 0 Å². The van der Waals surface area contributed by atoms with Crippen molar-refractivity contribution in [1.82, 2.24) is 9.97 Å². The fraction of sp³-hybridized carbons (Fsp3) is 0.600. The minimum atomic E-state index is 0.315. The SMILES string of the molecule is CCc1cc(NCC(C)C)nc(Cl)n1. The maximum atomic E-state index is 5.78. The van der Waals surface area contributed by atoms with Crippen LogP contribution in [0.25, 0.3) is 0 Å². The molecule has 0 atom stereocenters. The van der Waals surface area contributed by atoms with E-state index in [1.165, 1.54) is 0 Å². The number of hydrogen-bond acceptors (Lipinski definition) is 3. The van der Waals surface area contributed by atoms with Gasteiger partial charge in [-0.05, 0) is 23.9 Å². The molecule has 0 fully saturated rings. The standard InChI is InChI=1S/C10H16ClN3/c1-4-8-5-9(12-6-7(2)3)14-10(11)13-8/h5,7H,4,6H2,1-3H3,(H,12,13,14). The van der Waals surface area contributed by atoms with Crippen molar-refractivity contribution >= 4 is 17.4 Å². The van der Waals surface area contributed by atoms with Crippen LogP contribution in [0, 0.1) is 5.92 Å². The zero-order valence-corrected chi connectivity index (χ0v) is 9.60. The predicted octanol–water partition coefficient (Wildman–Crippen LogP) is 2.76. The number of hydrogen-bond donors (Lipinski definition) is 1. The maximum absolute atomic E-state index is 5.78. The summed E-state index contributed by atoms with van der Waals surface area (Å²) in [4.78, 5) is 8.19. The first-order chi connectivity index (χ1) is 6.61. The monoisotopic (exact) mass is 213 g/mol. The number of aryl methyl sites for hydroxylation is 1. The molecule has 0 radical (unpaired) electrons. The van der Waals surface area contributed by atoms with E-state index in [9.17, 15) is 0 Å². The van der Waals surface area contributed by atoms with Crippen LogP contribution in [-0.2, 0) is 6.42 Å². The third-order valence-corrected chi connectivity index (χ3v) is 1.97. The lowest BCUT2D eigenvalue weighted by Crippen LogP contribution is -2.10. The van der Waals surface area contributed by atoms with Crippen LogP contribution in [0.5, 0.6) is 0 Å². The lowest BCUT2D eigenvalue weighted by atomic mass is 10.2. The van der Waals surface area contributed by atoms with Crippen LogP contribution >= 0.6 is 11.6 Å². The Hall–Kier alpha value is -0.830. The number of rotatable bonds is 4. The van der Waals surface area contributed by atoms with E-state index in [-0.39, 0.29) is 0 Å². The summed E-state index contributed by atoms with van der Waals surface area (Å²) >= 11 is 5.78. The van der Waals surface area contributed by atoms with Crippen LogP contribution in [0.4, 0.5) is 5.82 Å². The second-order valence-electron chi connectivity index (χ2n) is 3.64. The number of nitrogens with zero attached hydrogens (tertiary/aromatic N) is 2. The molecule has 0 amide bonds. The van der Waals surface area contributed by atoms with Crippen molar-refractivity contribution in [3.63, 3.8) is 0 Å². The molecule has 0 aliphatic rings. The highest BCUT2D eigenvalue weighted by atomic mass is 35.5. The van der Waals surface area contributed by atoms with Crippen LogP contribution in [0.3, 0.4) is 0 Å². The average molecular weight is 214 g/mol. The topological polar surface area (TPSA) is 37.8 Å². The molecule has 4 heteroatoms. The number of nitrogens with one attached hydrogen (secondary N) is 1. The third kappa shape index (κ3) is 3.50. The third-order valence-electron chi connectivity index (χ3n) is 1.81. The second-order valence-corrected chi connectivity index (χ2v) is 3.98. The average Bonchev–Trinajstić information content (AvgIpc) is 2.14. The molecule has 0 bridgehead atoms. The number of halogens is 1. The molecule has 1 rings (SSSR count). The van der Waals surface area contributed by atoms with E-state index in [4.69, 9.17) is 11.6 Å². The fourth-order valence-corrected chi connectivity index (χ4v) is 1.25. The summed E-state index contributed by atoms with van der Waals surface area (Å²) in [6, 6.07) is 1.94. The molecule has 1 aromatic heterocycles. The van der Waals surface area contributed by atoms with Crippen molar-refractivity contribution in [2.75, 3.05) is 11.9 Å². The van der Waals surface area contributed by atoms with Gasteiger partial charge in [0, 0.05) is 18.3 Å². The number of aromatic nitrogens is 2. The van der Waals surface area contributed by atoms with Crippen LogP contribution in [0.15, 0.2) is 6.07 Å². The molecule has 0 unspecified atom stereocenters. The Morgan fingerprint density at radius 1 is 1.43 bits per heavy atom. The van der Waals surface area contributed by atoms with Crippen LogP contribution in [0.2, 0.25) is 5.28 Å². The molecule has 1 heterocycles. The van der Waals surface area contributed by atoms with Crippen LogP contribution in [-0.4, -0.2) is 16.5 Å². The summed E-state index contributed by atoms with van der Waals surface area (Å²) in [5.74, 6) is 1.41. The maximum Gasteiger partial charge on any atom is 0.224 e. The van der Waals surface area contributed by atoms with Gasteiger partial charge in [0.05, 0.1) is 0 Å². The first kappa shape index (κ1) is 11.2. The minimum absolute atomic E-state index is 0.315. The lowest BCUT2D eigenvalue weighted by molar-refractivity contribution is 0.686. The van der Waals surface area contributed by atoms with Gasteiger partial charge in [-0.25, -0.2) is 9.97 Å². The van der Waals surface area contributed by atoms with Gasteiger partial charge in [0.2, 0.25) is 5.28 Å². The van der Waals surface area contributed by atoms with E-state index in [2.05, 4.69) is 29.1 Å². The highest BCUT2D eigenvalue weighted by molar-refractivity contribution is 6.28. The molecule has 1 aromatic rings. The molecule has 14 heavy (non-hydrogen) atoms. The second kappa shape index (κ2) is 5.15. The molecule has 0 aromatic carbocycles. The van der Waals surface area contributed by atoms with E-state index in [0.29, 0.717) is 11.2 Å². The van der Waals surface area contributed by atoms with Gasteiger partial charge in [-0.1, -0.05) is 20.8 Å². The summed E-state index contributed by atoms with van der Waals surface area (Å²) in [6.07, 6.45) is 0.874. The molecule has 0 aliphatic heterocycles. The van der Waals surface area contributed by atoms with Crippen molar-refractivity contribution in [2.24, 2.45) is 5.92 Å². The van der Waals surface area contributed by atoms with E-state index >= 15 is 0 Å². The van der Waals surface area contributed by atoms with Gasteiger partial charge in [-0.3, -0.25) is 0 Å². The summed E-state index contributed by atoms with van der Waals surface area (Å²) in [7, 11) is 0. The highest BCUT2D eigenvalue weighted by Crippen LogP contribution is 2.11. The van der Waals surface area contributed by atoms with Gasteiger partial charge in [-0.2, -0.15) is 0 Å². The summed E-state index contributed by atoms with van der Waals surface area (Å²) in [6.45, 7) is 7.24. The van der Waals surface area contributed by atoms with Gasteiger partial charge >= 0.3 is 0 Å². The van der Waals surface area contributed by atoms with Gasteiger partial charge in [0.25, 0.3) is 0 Å². The predicted molar refractivity (Wildman–Crippen MR) is 59.7 cm³/mol. The Morgan fingerprint density at radius 2 is 2.14 bits per heavy atom. The van der Waals surface area contributed by atoms with Crippen molar-refractivity contribution < 1.29 is 0 Å². The molecular formula is C10H16ClN3. The Kier molecular flexibility index (Phi) is 4.14. The van der Waals surface area contributed by atoms with E-state index in [0.717, 1.165) is 24.5 Å². The quantitative estimate of drug-likeness (QED) is 0.782. The zero-order valence-electron chi connectivity index (χ0n) is 8.84. The van der Waals surface area contributed by atoms with Crippen molar-refractivity contribution in [2.45, 2.75) is 27.2 Å². The van der Waals surface area contributed by atoms with Gasteiger partial charge in [0.15, 0.2) is 0 Å². The summed E-state index contributed by atoms with van der Waals surface area (Å²) in [5.41, 5.74) is 0.969. The molecule has 0 saturated heterocycles. The minimum Gasteiger partial charge on any atom is -0.370 e. The molecule has 3 nitrogen and oxygen atoms in total. The summed E-state index contributed by atoms with van der Waals surface area (Å²) in [5, 5.41) is 3.54. The highest BCUT2D eigenvalue weighted by Gasteiger charge is 2.01. The first-order valence-electron chi connectivity index (χ1n) is 4.89.